The van der Waals surface area contributed by atoms with Crippen molar-refractivity contribution in [2.24, 2.45) is 0 Å². The highest BCUT2D eigenvalue weighted by Gasteiger charge is 2.46. The molecule has 0 spiro atoms. The van der Waals surface area contributed by atoms with Crippen molar-refractivity contribution in [1.82, 2.24) is 0 Å². The first-order valence-electron chi connectivity index (χ1n) is 8.01. The van der Waals surface area contributed by atoms with Crippen LogP contribution in [-0.2, 0) is 15.0 Å². The minimum absolute atomic E-state index is 0.340. The first-order chi connectivity index (χ1) is 12.2. The molecule has 0 saturated heterocycles. The average Bonchev–Trinajstić information content (AvgIpc) is 2.70. The SMILES string of the molecule is O=C(CCl)C(=O)C(c1ccccc1)(c1ccccc1)c1ccccc1. The summed E-state index contributed by atoms with van der Waals surface area (Å²) in [5.41, 5.74) is 1.03. The smallest absolute Gasteiger partial charge is 0.218 e. The van der Waals surface area contributed by atoms with E-state index in [2.05, 4.69) is 0 Å². The number of Topliss-reactive ketones (excluding diaryl/α,β-unsaturated/α-hetero) is 2. The number of hydrogen-bond acceptors (Lipinski definition) is 2. The lowest BCUT2D eigenvalue weighted by Crippen LogP contribution is -2.43. The monoisotopic (exact) mass is 348 g/mol. The van der Waals surface area contributed by atoms with E-state index in [-0.39, 0.29) is 5.88 Å². The van der Waals surface area contributed by atoms with E-state index in [1.807, 2.05) is 91.0 Å². The molecule has 3 aromatic rings. The zero-order valence-electron chi connectivity index (χ0n) is 13.6. The number of halogens is 1. The highest BCUT2D eigenvalue weighted by molar-refractivity contribution is 6.50. The molecule has 0 aliphatic carbocycles. The summed E-state index contributed by atoms with van der Waals surface area (Å²) in [5, 5.41) is 0. The molecule has 0 heterocycles. The van der Waals surface area contributed by atoms with Gasteiger partial charge in [0.25, 0.3) is 0 Å². The number of carbonyl (C=O) groups excluding carboxylic acids is 2. The second-order valence-electron chi connectivity index (χ2n) is 5.73. The van der Waals surface area contributed by atoms with E-state index in [9.17, 15) is 9.59 Å². The van der Waals surface area contributed by atoms with Gasteiger partial charge in [-0.15, -0.1) is 11.6 Å². The maximum absolute atomic E-state index is 13.4. The van der Waals surface area contributed by atoms with Gasteiger partial charge >= 0.3 is 0 Å². The molecule has 0 bridgehead atoms. The van der Waals surface area contributed by atoms with E-state index in [4.69, 9.17) is 11.6 Å². The Balaban J connectivity index is 2.40. The number of rotatable bonds is 6. The molecule has 0 unspecified atom stereocenters. The Morgan fingerprint density at radius 2 is 0.960 bits per heavy atom. The summed E-state index contributed by atoms with van der Waals surface area (Å²) < 4.78 is 0. The maximum Gasteiger partial charge on any atom is 0.218 e. The minimum atomic E-state index is -1.21. The van der Waals surface area contributed by atoms with Gasteiger partial charge in [-0.2, -0.15) is 0 Å². The van der Waals surface area contributed by atoms with Crippen LogP contribution in [0, 0.1) is 0 Å². The molecule has 3 heteroatoms. The summed E-state index contributed by atoms with van der Waals surface area (Å²) in [6, 6.07) is 28.1. The Hall–Kier alpha value is -2.71. The van der Waals surface area contributed by atoms with Crippen LogP contribution in [0.15, 0.2) is 91.0 Å². The Morgan fingerprint density at radius 1 is 0.640 bits per heavy atom. The molecular weight excluding hydrogens is 332 g/mol. The molecule has 3 rings (SSSR count). The largest absolute Gasteiger partial charge is 0.289 e. The van der Waals surface area contributed by atoms with Crippen LogP contribution in [0.1, 0.15) is 16.7 Å². The van der Waals surface area contributed by atoms with Crippen LogP contribution in [0.5, 0.6) is 0 Å². The van der Waals surface area contributed by atoms with Crippen molar-refractivity contribution < 1.29 is 9.59 Å². The van der Waals surface area contributed by atoms with Crippen molar-refractivity contribution in [1.29, 1.82) is 0 Å². The highest BCUT2D eigenvalue weighted by Crippen LogP contribution is 2.40. The van der Waals surface area contributed by atoms with Crippen LogP contribution in [0.3, 0.4) is 0 Å². The quantitative estimate of drug-likeness (QED) is 0.376. The van der Waals surface area contributed by atoms with Gasteiger partial charge in [0.05, 0.1) is 5.88 Å². The topological polar surface area (TPSA) is 34.1 Å². The van der Waals surface area contributed by atoms with Crippen molar-refractivity contribution in [2.45, 2.75) is 5.41 Å². The summed E-state index contributed by atoms with van der Waals surface area (Å²) in [7, 11) is 0. The molecule has 0 N–H and O–H groups in total. The molecule has 124 valence electrons. The molecular formula is C22H17ClO2. The lowest BCUT2D eigenvalue weighted by atomic mass is 9.66. The van der Waals surface area contributed by atoms with E-state index in [1.54, 1.807) is 0 Å². The lowest BCUT2D eigenvalue weighted by Gasteiger charge is -2.33. The molecule has 0 aliphatic heterocycles. The normalized spacial score (nSPS) is 11.1. The predicted octanol–water partition coefficient (Wildman–Crippen LogP) is 4.40. The molecule has 25 heavy (non-hydrogen) atoms. The summed E-state index contributed by atoms with van der Waals surface area (Å²) in [5.74, 6) is -1.46. The Bertz CT molecular complexity index is 762. The third-order valence-corrected chi connectivity index (χ3v) is 4.58. The molecule has 0 aromatic heterocycles. The molecule has 0 saturated carbocycles. The van der Waals surface area contributed by atoms with Crippen LogP contribution < -0.4 is 0 Å². The van der Waals surface area contributed by atoms with E-state index < -0.39 is 17.0 Å². The van der Waals surface area contributed by atoms with Crippen LogP contribution in [0.2, 0.25) is 0 Å². The van der Waals surface area contributed by atoms with Gasteiger partial charge in [-0.1, -0.05) is 91.0 Å². The fourth-order valence-corrected chi connectivity index (χ4v) is 3.35. The van der Waals surface area contributed by atoms with E-state index in [1.165, 1.54) is 0 Å². The predicted molar refractivity (Wildman–Crippen MR) is 99.9 cm³/mol. The molecule has 0 aliphatic rings. The van der Waals surface area contributed by atoms with Crippen LogP contribution in [-0.4, -0.2) is 17.4 Å². The van der Waals surface area contributed by atoms with Crippen molar-refractivity contribution in [3.63, 3.8) is 0 Å². The Kier molecular flexibility index (Phi) is 5.11. The van der Waals surface area contributed by atoms with Gasteiger partial charge in [-0.25, -0.2) is 0 Å². The van der Waals surface area contributed by atoms with E-state index in [0.717, 1.165) is 16.7 Å². The number of hydrogen-bond donors (Lipinski definition) is 0. The van der Waals surface area contributed by atoms with Crippen molar-refractivity contribution in [3.05, 3.63) is 108 Å². The van der Waals surface area contributed by atoms with E-state index in [0.29, 0.717) is 0 Å². The van der Waals surface area contributed by atoms with Gasteiger partial charge < -0.3 is 0 Å². The molecule has 0 atom stereocenters. The number of carbonyl (C=O) groups is 2. The van der Waals surface area contributed by atoms with Gasteiger partial charge in [0, 0.05) is 0 Å². The molecule has 3 aromatic carbocycles. The summed E-state index contributed by atoms with van der Waals surface area (Å²) in [6.45, 7) is 0. The lowest BCUT2D eigenvalue weighted by molar-refractivity contribution is -0.137. The van der Waals surface area contributed by atoms with Crippen LogP contribution >= 0.6 is 11.6 Å². The Morgan fingerprint density at radius 3 is 1.24 bits per heavy atom. The van der Waals surface area contributed by atoms with Crippen LogP contribution in [0.25, 0.3) is 0 Å². The number of benzene rings is 3. The van der Waals surface area contributed by atoms with Gasteiger partial charge in [0.15, 0.2) is 0 Å². The first kappa shape index (κ1) is 17.1. The highest BCUT2D eigenvalue weighted by atomic mass is 35.5. The van der Waals surface area contributed by atoms with Crippen molar-refractivity contribution in [2.75, 3.05) is 5.88 Å². The second-order valence-corrected chi connectivity index (χ2v) is 6.00. The van der Waals surface area contributed by atoms with Gasteiger partial charge in [0.2, 0.25) is 11.6 Å². The van der Waals surface area contributed by atoms with Crippen molar-refractivity contribution >= 4 is 23.2 Å². The Labute approximate surface area is 152 Å². The molecule has 0 fully saturated rings. The maximum atomic E-state index is 13.4. The summed E-state index contributed by atoms with van der Waals surface area (Å²) >= 11 is 5.74. The van der Waals surface area contributed by atoms with Crippen LogP contribution in [0.4, 0.5) is 0 Å². The van der Waals surface area contributed by atoms with Crippen molar-refractivity contribution in [3.8, 4) is 0 Å². The standard InChI is InChI=1S/C22H17ClO2/c23-16-20(24)21(25)22(17-10-4-1-5-11-17,18-12-6-2-7-13-18)19-14-8-3-9-15-19/h1-15H,16H2. The minimum Gasteiger partial charge on any atom is -0.289 e. The van der Waals surface area contributed by atoms with E-state index >= 15 is 0 Å². The molecule has 0 radical (unpaired) electrons. The third kappa shape index (κ3) is 3.01. The number of ketones is 2. The second kappa shape index (κ2) is 7.45. The average molecular weight is 349 g/mol. The van der Waals surface area contributed by atoms with Gasteiger partial charge in [0.1, 0.15) is 5.41 Å². The zero-order valence-corrected chi connectivity index (χ0v) is 14.3. The first-order valence-corrected chi connectivity index (χ1v) is 8.55. The molecule has 2 nitrogen and oxygen atoms in total. The fraction of sp³-hybridized carbons (Fsp3) is 0.0909. The van der Waals surface area contributed by atoms with Gasteiger partial charge in [-0.05, 0) is 16.7 Å². The molecule has 0 amide bonds. The zero-order chi connectivity index (χ0) is 17.7. The number of alkyl halides is 1. The fourth-order valence-electron chi connectivity index (χ4n) is 3.23. The summed E-state index contributed by atoms with van der Waals surface area (Å²) in [6.07, 6.45) is 0. The van der Waals surface area contributed by atoms with Gasteiger partial charge in [-0.3, -0.25) is 9.59 Å². The third-order valence-electron chi connectivity index (χ3n) is 4.34. The summed E-state index contributed by atoms with van der Waals surface area (Å²) in [4.78, 5) is 25.8.